The van der Waals surface area contributed by atoms with E-state index in [4.69, 9.17) is 47.4 Å². The lowest BCUT2D eigenvalue weighted by Crippen LogP contribution is -2.57. The zero-order valence-corrected chi connectivity index (χ0v) is 26.6. The highest BCUT2D eigenvalue weighted by atomic mass is 16.6. The van der Waals surface area contributed by atoms with Crippen molar-refractivity contribution in [2.75, 3.05) is 49.8 Å². The summed E-state index contributed by atoms with van der Waals surface area (Å²) in [5.74, 6) is 0. The number of methoxy groups -OCH3 is 7. The normalized spacial score (nSPS) is 45.5. The predicted octanol–water partition coefficient (Wildman–Crippen LogP) is 1.21. The number of hydrogen-bond donors (Lipinski definition) is 2. The topological polar surface area (TPSA) is 133 Å². The highest BCUT2D eigenvalue weighted by Crippen LogP contribution is 2.27. The fourth-order valence-electron chi connectivity index (χ4n) is 5.86. The van der Waals surface area contributed by atoms with Gasteiger partial charge in [0, 0.05) is 49.8 Å². The van der Waals surface area contributed by atoms with Crippen molar-refractivity contribution < 1.29 is 57.6 Å². The second kappa shape index (κ2) is 18.2. The Morgan fingerprint density at radius 1 is 0.325 bits per heavy atom. The Morgan fingerprint density at radius 2 is 0.575 bits per heavy atom. The van der Waals surface area contributed by atoms with Gasteiger partial charge < -0.3 is 57.6 Å². The number of ether oxygens (including phenoxy) is 10. The SMILES string of the molecule is COC1C(C)OC(C)C(O)C1OC.COC1C(C)OC(C)C(OC)C1O.COC1C(C)OC(C)C(OC)C1OC. The predicted molar refractivity (Wildman–Crippen MR) is 148 cm³/mol. The average Bonchev–Trinajstić information content (AvgIpc) is 2.91. The van der Waals surface area contributed by atoms with Crippen LogP contribution >= 0.6 is 0 Å². The fourth-order valence-corrected chi connectivity index (χ4v) is 5.86. The lowest BCUT2D eigenvalue weighted by Gasteiger charge is -2.42. The molecule has 3 aliphatic heterocycles. The van der Waals surface area contributed by atoms with Gasteiger partial charge >= 0.3 is 0 Å². The molecular weight excluding hydrogens is 528 g/mol. The Labute approximate surface area is 240 Å². The number of rotatable bonds is 7. The molecule has 0 amide bonds. The van der Waals surface area contributed by atoms with Crippen molar-refractivity contribution in [1.82, 2.24) is 0 Å². The molecule has 12 nitrogen and oxygen atoms in total. The molecule has 0 aromatic heterocycles. The van der Waals surface area contributed by atoms with Crippen molar-refractivity contribution in [2.24, 2.45) is 0 Å². The van der Waals surface area contributed by atoms with E-state index in [1.807, 2.05) is 41.5 Å². The van der Waals surface area contributed by atoms with Gasteiger partial charge in [-0.25, -0.2) is 0 Å². The van der Waals surface area contributed by atoms with Gasteiger partial charge in [-0.1, -0.05) is 0 Å². The highest BCUT2D eigenvalue weighted by Gasteiger charge is 2.44. The van der Waals surface area contributed by atoms with E-state index in [1.54, 1.807) is 49.8 Å². The van der Waals surface area contributed by atoms with E-state index >= 15 is 0 Å². The molecule has 0 aliphatic carbocycles. The fraction of sp³-hybridized carbons (Fsp3) is 1.00. The smallest absolute Gasteiger partial charge is 0.114 e. The van der Waals surface area contributed by atoms with Crippen LogP contribution in [0.25, 0.3) is 0 Å². The van der Waals surface area contributed by atoms with E-state index in [0.29, 0.717) is 0 Å². The summed E-state index contributed by atoms with van der Waals surface area (Å²) in [4.78, 5) is 0. The number of aliphatic hydroxyl groups is 2. The molecule has 13 unspecified atom stereocenters. The summed E-state index contributed by atoms with van der Waals surface area (Å²) in [6, 6.07) is 0. The van der Waals surface area contributed by atoms with Crippen LogP contribution in [-0.2, 0) is 47.4 Å². The second-order valence-corrected chi connectivity index (χ2v) is 10.5. The largest absolute Gasteiger partial charge is 0.388 e. The Kier molecular flexibility index (Phi) is 17.1. The van der Waals surface area contributed by atoms with E-state index in [2.05, 4.69) is 0 Å². The zero-order chi connectivity index (χ0) is 30.7. The molecule has 3 aliphatic rings. The molecular formula is C28H56O12. The van der Waals surface area contributed by atoms with Crippen LogP contribution in [0.1, 0.15) is 41.5 Å². The minimum Gasteiger partial charge on any atom is -0.388 e. The third-order valence-electron chi connectivity index (χ3n) is 7.97. The first-order valence-corrected chi connectivity index (χ1v) is 13.9. The molecule has 0 saturated carbocycles. The summed E-state index contributed by atoms with van der Waals surface area (Å²) < 4.78 is 53.5. The summed E-state index contributed by atoms with van der Waals surface area (Å²) in [5, 5.41) is 19.6. The maximum Gasteiger partial charge on any atom is 0.114 e. The van der Waals surface area contributed by atoms with Crippen molar-refractivity contribution in [3.05, 3.63) is 0 Å². The Hall–Kier alpha value is -0.480. The second-order valence-electron chi connectivity index (χ2n) is 10.5. The van der Waals surface area contributed by atoms with Crippen LogP contribution in [0.4, 0.5) is 0 Å². The molecule has 0 aromatic carbocycles. The average molecular weight is 585 g/mol. The van der Waals surface area contributed by atoms with E-state index in [9.17, 15) is 10.2 Å². The van der Waals surface area contributed by atoms with Gasteiger partial charge in [-0.05, 0) is 41.5 Å². The van der Waals surface area contributed by atoms with Gasteiger partial charge in [0.05, 0.1) is 36.6 Å². The van der Waals surface area contributed by atoms with Gasteiger partial charge in [0.1, 0.15) is 54.9 Å². The van der Waals surface area contributed by atoms with E-state index in [0.717, 1.165) is 0 Å². The van der Waals surface area contributed by atoms with E-state index < -0.39 is 12.2 Å². The molecule has 40 heavy (non-hydrogen) atoms. The molecule has 3 fully saturated rings. The monoisotopic (exact) mass is 584 g/mol. The third kappa shape index (κ3) is 9.26. The summed E-state index contributed by atoms with van der Waals surface area (Å²) >= 11 is 0. The van der Waals surface area contributed by atoms with Crippen molar-refractivity contribution in [2.45, 2.75) is 133 Å². The molecule has 0 bridgehead atoms. The molecule has 13 atom stereocenters. The van der Waals surface area contributed by atoms with E-state index in [-0.39, 0.29) is 79.4 Å². The maximum absolute atomic E-state index is 9.84. The van der Waals surface area contributed by atoms with Crippen LogP contribution in [0, 0.1) is 0 Å². The first-order valence-electron chi connectivity index (χ1n) is 13.9. The molecule has 3 rings (SSSR count). The van der Waals surface area contributed by atoms with E-state index in [1.165, 1.54) is 0 Å². The summed E-state index contributed by atoms with van der Waals surface area (Å²) in [7, 11) is 11.3. The van der Waals surface area contributed by atoms with Gasteiger partial charge in [-0.3, -0.25) is 0 Å². The van der Waals surface area contributed by atoms with Crippen LogP contribution in [-0.4, -0.2) is 152 Å². The minimum atomic E-state index is -0.619. The molecule has 240 valence electrons. The standard InChI is InChI=1S/C10H20O4.2C9H18O4/c1-6-8(11-3)10(13-5)9(12-4)7(2)14-6;1-5-8(11-3)7(10)9(12-4)6(2)13-5;1-5-7(10)9(12-4)8(11-3)6(2)13-5/h6-10H,1-5H3;2*5-10H,1-4H3. The van der Waals surface area contributed by atoms with Gasteiger partial charge in [0.25, 0.3) is 0 Å². The van der Waals surface area contributed by atoms with Crippen molar-refractivity contribution in [1.29, 1.82) is 0 Å². The molecule has 3 heterocycles. The first kappa shape index (κ1) is 37.5. The lowest BCUT2D eigenvalue weighted by molar-refractivity contribution is -0.233. The van der Waals surface area contributed by atoms with Gasteiger partial charge in [0.15, 0.2) is 0 Å². The molecule has 0 spiro atoms. The number of hydrogen-bond acceptors (Lipinski definition) is 12. The molecule has 12 heteroatoms. The van der Waals surface area contributed by atoms with Crippen molar-refractivity contribution in [3.63, 3.8) is 0 Å². The lowest BCUT2D eigenvalue weighted by atomic mass is 9.96. The maximum atomic E-state index is 9.84. The molecule has 3 saturated heterocycles. The highest BCUT2D eigenvalue weighted by molar-refractivity contribution is 4.92. The summed E-state index contributed by atoms with van der Waals surface area (Å²) in [6.07, 6.45) is -2.92. The van der Waals surface area contributed by atoms with Crippen molar-refractivity contribution >= 4 is 0 Å². The summed E-state index contributed by atoms with van der Waals surface area (Å²) in [5.41, 5.74) is 0. The summed E-state index contributed by atoms with van der Waals surface area (Å²) in [6.45, 7) is 11.5. The van der Waals surface area contributed by atoms with Crippen LogP contribution in [0.5, 0.6) is 0 Å². The third-order valence-corrected chi connectivity index (χ3v) is 7.97. The Morgan fingerprint density at radius 3 is 0.875 bits per heavy atom. The van der Waals surface area contributed by atoms with Crippen molar-refractivity contribution in [3.8, 4) is 0 Å². The molecule has 0 aromatic rings. The van der Waals surface area contributed by atoms with Crippen LogP contribution in [0.3, 0.4) is 0 Å². The zero-order valence-electron chi connectivity index (χ0n) is 26.6. The van der Waals surface area contributed by atoms with Crippen LogP contribution in [0.2, 0.25) is 0 Å². The first-order chi connectivity index (χ1) is 18.9. The van der Waals surface area contributed by atoms with Crippen LogP contribution < -0.4 is 0 Å². The quantitative estimate of drug-likeness (QED) is 0.446. The molecule has 2 N–H and O–H groups in total. The van der Waals surface area contributed by atoms with Gasteiger partial charge in [-0.2, -0.15) is 0 Å². The Balaban J connectivity index is 0.000000300. The van der Waals surface area contributed by atoms with Crippen LogP contribution in [0.15, 0.2) is 0 Å². The molecule has 0 radical (unpaired) electrons. The van der Waals surface area contributed by atoms with Gasteiger partial charge in [-0.15, -0.1) is 0 Å². The minimum absolute atomic E-state index is 0.0337. The Bertz CT molecular complexity index is 639. The van der Waals surface area contributed by atoms with Gasteiger partial charge in [0.2, 0.25) is 0 Å². The number of aliphatic hydroxyl groups excluding tert-OH is 2.